The first-order chi connectivity index (χ1) is 45.2. The second kappa shape index (κ2) is 11.3. The van der Waals surface area contributed by atoms with Gasteiger partial charge in [0.1, 0.15) is 0 Å². The number of ether oxygens (including phenoxy) is 1. The Morgan fingerprint density at radius 1 is 0.305 bits per heavy atom. The lowest BCUT2D eigenvalue weighted by Crippen LogP contribution is -2.79. The molecular formula is C80H47NO14. The monoisotopic (exact) mass is 1250 g/mol. The molecule has 1 N–H and O–H groups in total. The molecule has 8 atom stereocenters. The molecule has 0 bridgehead atoms. The molecule has 15 heteroatoms. The van der Waals surface area contributed by atoms with Crippen LogP contribution in [0.5, 0.6) is 0 Å². The topological polar surface area (TPSA) is 160 Å². The van der Waals surface area contributed by atoms with Gasteiger partial charge in [-0.3, -0.25) is 0 Å². The van der Waals surface area contributed by atoms with Crippen molar-refractivity contribution in [3.8, 4) is 0 Å². The van der Waals surface area contributed by atoms with Crippen molar-refractivity contribution in [1.82, 2.24) is 0 Å². The van der Waals surface area contributed by atoms with E-state index in [4.69, 9.17) is 63.7 Å². The highest BCUT2D eigenvalue weighted by Crippen LogP contribution is 2.92. The van der Waals surface area contributed by atoms with E-state index in [0.717, 1.165) is 130 Å². The number of hydrogen-bond donors (Lipinski definition) is 1. The Morgan fingerprint density at radius 2 is 0.547 bits per heavy atom. The minimum atomic E-state index is -2.78. The largest absolute Gasteiger partial charge is 0.304 e. The van der Waals surface area contributed by atoms with Crippen molar-refractivity contribution in [3.63, 3.8) is 0 Å². The summed E-state index contributed by atoms with van der Waals surface area (Å²) in [5.41, 5.74) is -10.1. The molecule has 0 aromatic heterocycles. The van der Waals surface area contributed by atoms with E-state index in [1.165, 1.54) is 118 Å². The minimum Gasteiger partial charge on any atom is -0.304 e. The van der Waals surface area contributed by atoms with Crippen LogP contribution >= 0.6 is 0 Å². The van der Waals surface area contributed by atoms with Crippen molar-refractivity contribution in [3.05, 3.63) is 71.7 Å². The fourth-order valence-electron chi connectivity index (χ4n) is 26.4. The lowest BCUT2D eigenvalue weighted by atomic mass is 9.45. The van der Waals surface area contributed by atoms with Crippen LogP contribution in [0, 0.1) is 10.8 Å². The SMILES string of the molecule is CC(C)(C)OO[C@]12C3=C4[C@]5(OOC(C)(C)C)c6c1c1c7c2c2c8c9c%10c%11c%12c%13c%14c%15c%16c%17c(c5c5c6c6c1c1c%18c7c8c7c8c9c%12c9c%12c%13c%16c%13c%16c%17c5c5c6c1c1c(c%187)c(c89)c(c%13%12)c1c5%16)[C@@]%15(OOC(C)(C)C)[C@]4(OO)O[C@@](N=O)([C@@H]3[C@@]2%10OOC(C)(C)C)[C@@]%11%14OOC(C)(C)C. The van der Waals surface area contributed by atoms with Gasteiger partial charge in [0.05, 0.1) is 33.9 Å². The summed E-state index contributed by atoms with van der Waals surface area (Å²) in [5, 5.41) is 65.5. The summed E-state index contributed by atoms with van der Waals surface area (Å²) in [6.45, 7) is 29.7. The van der Waals surface area contributed by atoms with Gasteiger partial charge in [-0.05, 0) is 330 Å². The normalized spacial score (nSPS) is 30.3. The molecule has 0 spiro atoms. The smallest absolute Gasteiger partial charge is 0.271 e. The molecular weight excluding hydrogens is 1200 g/mol. The predicted octanol–water partition coefficient (Wildman–Crippen LogP) is 18.8. The zero-order chi connectivity index (χ0) is 62.8. The van der Waals surface area contributed by atoms with E-state index < -0.39 is 73.4 Å². The van der Waals surface area contributed by atoms with Gasteiger partial charge < -0.3 is 4.74 Å². The summed E-state index contributed by atoms with van der Waals surface area (Å²) in [7, 11) is 0. The van der Waals surface area contributed by atoms with Crippen LogP contribution in [0.1, 0.15) is 159 Å². The number of fused-ring (bicyclic) bond motifs is 5. The molecule has 21 aromatic rings. The van der Waals surface area contributed by atoms with E-state index in [1.54, 1.807) is 0 Å². The first kappa shape index (κ1) is 47.3. The van der Waals surface area contributed by atoms with E-state index in [1.807, 2.05) is 104 Å². The van der Waals surface area contributed by atoms with Crippen LogP contribution in [0.4, 0.5) is 0 Å². The number of benzene rings is 15. The van der Waals surface area contributed by atoms with E-state index in [2.05, 4.69) is 0 Å². The maximum Gasteiger partial charge on any atom is 0.271 e. The third-order valence-corrected chi connectivity index (χ3v) is 27.1. The Labute approximate surface area is 530 Å². The third-order valence-electron chi connectivity index (χ3n) is 27.1. The second-order valence-corrected chi connectivity index (χ2v) is 36.4. The van der Waals surface area contributed by atoms with Crippen molar-refractivity contribution in [2.75, 3.05) is 0 Å². The van der Waals surface area contributed by atoms with Crippen LogP contribution in [0.25, 0.3) is 215 Å². The van der Waals surface area contributed by atoms with Gasteiger partial charge >= 0.3 is 0 Å². The van der Waals surface area contributed by atoms with Crippen LogP contribution in [0.2, 0.25) is 0 Å². The van der Waals surface area contributed by atoms with Gasteiger partial charge in [0.2, 0.25) is 11.2 Å². The quantitative estimate of drug-likeness (QED) is 0.0404. The zero-order valence-electron chi connectivity index (χ0n) is 53.8. The van der Waals surface area contributed by atoms with Crippen LogP contribution in [0.15, 0.2) is 16.3 Å². The highest BCUT2D eigenvalue weighted by atomic mass is 17.2. The molecule has 21 aromatic carbocycles. The van der Waals surface area contributed by atoms with Gasteiger partial charge in [-0.25, -0.2) is 54.1 Å². The molecule has 1 aliphatic heterocycles. The Morgan fingerprint density at radius 3 is 0.905 bits per heavy atom. The van der Waals surface area contributed by atoms with Crippen LogP contribution in [-0.4, -0.2) is 44.8 Å². The molecule has 9 aliphatic carbocycles. The van der Waals surface area contributed by atoms with Crippen LogP contribution in [-0.2, 0) is 86.5 Å². The molecule has 0 amide bonds. The van der Waals surface area contributed by atoms with Crippen LogP contribution < -0.4 is 0 Å². The molecule has 0 radical (unpaired) electrons. The summed E-state index contributed by atoms with van der Waals surface area (Å²) in [6, 6.07) is 0. The average molecular weight is 1250 g/mol. The molecule has 0 saturated carbocycles. The summed E-state index contributed by atoms with van der Waals surface area (Å²) in [4.78, 5) is 101. The number of nitrogens with zero attached hydrogens (tertiary/aromatic N) is 1. The molecule has 456 valence electrons. The summed E-state index contributed by atoms with van der Waals surface area (Å²) in [5.74, 6) is -4.29. The van der Waals surface area contributed by atoms with E-state index in [0.29, 0.717) is 27.8 Å². The van der Waals surface area contributed by atoms with Gasteiger partial charge in [-0.15, -0.1) is 4.91 Å². The van der Waals surface area contributed by atoms with Gasteiger partial charge in [-0.2, -0.15) is 4.89 Å². The molecule has 0 fully saturated rings. The standard InChI is InChI=1S/C80H47NO14/c1-69(2,3)86-91-74-56-46-36-26-21-16-17-19-20-18(16)23-30-28(21)38(36)48-50-40(30)42-32(23)34-25(20)35-33-24(19)31-29-22(17)27(26)37-39(29)49-51-41(31)43(33)53-55-45(35)44(34)54-52(42)62-60(50)75(58(48)56,92-87-70(4,5)6)67-66(74)68-76(93-88-71(7,8)9,59(49)57(74)47(37)46)61(51)63(53)78(95-90-73(13,14)15)65(55)64(54)77(62,94-89-72(10,11)12)79(67,81-82)84-80(68,78)85-83/h67,83H,1-15H3/t67-,74-,75+,76-,77+,78-,79-,80-/m0/s1. The zero-order valence-corrected chi connectivity index (χ0v) is 53.8. The lowest BCUT2D eigenvalue weighted by molar-refractivity contribution is -0.537. The number of hydrogen-bond acceptors (Lipinski definition) is 15. The van der Waals surface area contributed by atoms with Gasteiger partial charge in [0.25, 0.3) is 11.5 Å². The van der Waals surface area contributed by atoms with Gasteiger partial charge in [-0.1, -0.05) is 0 Å². The molecule has 31 rings (SSSR count). The van der Waals surface area contributed by atoms with Crippen molar-refractivity contribution in [1.29, 1.82) is 0 Å². The highest BCUT2D eigenvalue weighted by molar-refractivity contribution is 6.77. The Bertz CT molecular complexity index is 7610. The Balaban J connectivity index is 1.05. The molecule has 10 aliphatic rings. The first-order valence-electron chi connectivity index (χ1n) is 33.9. The first-order valence-corrected chi connectivity index (χ1v) is 33.9. The van der Waals surface area contributed by atoms with E-state index in [9.17, 15) is 5.26 Å². The minimum absolute atomic E-state index is 0.245. The fourth-order valence-corrected chi connectivity index (χ4v) is 26.4. The Kier molecular flexibility index (Phi) is 5.60. The van der Waals surface area contributed by atoms with Gasteiger partial charge in [0.15, 0.2) is 16.8 Å². The maximum atomic E-state index is 17.2. The Hall–Kier alpha value is -7.68. The fraction of sp³-hybridized carbons (Fsp3) is 0.350. The van der Waals surface area contributed by atoms with Gasteiger partial charge in [0, 0.05) is 61.2 Å². The third kappa shape index (κ3) is 3.24. The summed E-state index contributed by atoms with van der Waals surface area (Å²) in [6.07, 6.45) is 0. The lowest BCUT2D eigenvalue weighted by Gasteiger charge is -2.68. The number of nitroso groups, excluding NO2 is 1. The molecule has 15 nitrogen and oxygen atoms in total. The molecule has 95 heavy (non-hydrogen) atoms. The molecule has 1 heterocycles. The highest BCUT2D eigenvalue weighted by Gasteiger charge is 2.95. The van der Waals surface area contributed by atoms with Crippen molar-refractivity contribution in [2.24, 2.45) is 11.1 Å². The number of rotatable bonds is 12. The molecule has 0 unspecified atom stereocenters. The summed E-state index contributed by atoms with van der Waals surface area (Å²) < 4.78 is 8.75. The van der Waals surface area contributed by atoms with Crippen LogP contribution in [0.3, 0.4) is 0 Å². The van der Waals surface area contributed by atoms with E-state index in [-0.39, 0.29) is 5.57 Å². The van der Waals surface area contributed by atoms with E-state index >= 15 is 4.91 Å². The van der Waals surface area contributed by atoms with Crippen molar-refractivity contribution >= 4 is 215 Å². The molecule has 0 saturated heterocycles. The maximum absolute atomic E-state index is 17.2. The van der Waals surface area contributed by atoms with Crippen molar-refractivity contribution in [2.45, 2.75) is 171 Å². The predicted molar refractivity (Wildman–Crippen MR) is 358 cm³/mol. The summed E-state index contributed by atoms with van der Waals surface area (Å²) >= 11 is 0. The van der Waals surface area contributed by atoms with Crippen molar-refractivity contribution < 1.29 is 63.8 Å². The average Bonchev–Trinajstić information content (AvgIpc) is 1.38. The second-order valence-electron chi connectivity index (χ2n) is 36.4.